The molecule has 4 unspecified atom stereocenters. The molecule has 2 aliphatic heterocycles. The average molecular weight is 532 g/mol. The molecule has 2 heterocycles. The number of hydrogen-bond acceptors (Lipinski definition) is 9. The quantitative estimate of drug-likeness (QED) is 0.369. The highest BCUT2D eigenvalue weighted by molar-refractivity contribution is 7.85. The van der Waals surface area contributed by atoms with Crippen molar-refractivity contribution < 1.29 is 41.9 Å². The second kappa shape index (κ2) is 11.0. The van der Waals surface area contributed by atoms with Gasteiger partial charge in [-0.05, 0) is 63.7 Å². The van der Waals surface area contributed by atoms with Crippen LogP contribution in [-0.2, 0) is 34.0 Å². The molecule has 2 saturated carbocycles. The zero-order chi connectivity index (χ0) is 26.9. The number of piperidine rings is 2. The lowest BCUT2D eigenvalue weighted by Crippen LogP contribution is -2.57. The summed E-state index contributed by atoms with van der Waals surface area (Å²) in [7, 11) is -4.08. The fraction of sp³-hybridized carbons (Fsp3) is 0.880. The van der Waals surface area contributed by atoms with Crippen LogP contribution in [0.5, 0.6) is 0 Å². The summed E-state index contributed by atoms with van der Waals surface area (Å²) in [4.78, 5) is 37.6. The molecule has 4 bridgehead atoms. The molecule has 2 aliphatic carbocycles. The standard InChI is InChI=1S/C15H25NO5.C10H16O4S/c1-3-20-14(18)9-16-11-5-10(15(19)21-4-2)6-12(16)8-13(17)7-11;1-9(2)7-3-4-10(9,8(11)5-7)6-15(12,13)14/h10-13,17H,3-9H2,1-2H3;7H,3-6H2,1-2H3,(H,12,13,14). The minimum atomic E-state index is -4.08. The fourth-order valence-corrected chi connectivity index (χ4v) is 8.30. The van der Waals surface area contributed by atoms with Gasteiger partial charge in [-0.3, -0.25) is 23.8 Å². The van der Waals surface area contributed by atoms with E-state index in [-0.39, 0.29) is 59.7 Å². The number of hydrogen-bond donors (Lipinski definition) is 2. The van der Waals surface area contributed by atoms with E-state index in [1.807, 2.05) is 13.8 Å². The zero-order valence-corrected chi connectivity index (χ0v) is 22.6. The van der Waals surface area contributed by atoms with Crippen LogP contribution in [0.3, 0.4) is 0 Å². The summed E-state index contributed by atoms with van der Waals surface area (Å²) < 4.78 is 41.1. The number of Topliss-reactive ketones (excluding diaryl/α,β-unsaturated/α-hetero) is 1. The number of ketones is 1. The highest BCUT2D eigenvalue weighted by atomic mass is 32.2. The lowest BCUT2D eigenvalue weighted by molar-refractivity contribution is -0.157. The van der Waals surface area contributed by atoms with Gasteiger partial charge in [-0.15, -0.1) is 0 Å². The van der Waals surface area contributed by atoms with Crippen LogP contribution in [0.15, 0.2) is 0 Å². The van der Waals surface area contributed by atoms with E-state index in [1.54, 1.807) is 13.8 Å². The number of aliphatic hydroxyl groups is 1. The third-order valence-electron chi connectivity index (χ3n) is 8.94. The van der Waals surface area contributed by atoms with Crippen molar-refractivity contribution in [3.63, 3.8) is 0 Å². The first-order valence-corrected chi connectivity index (χ1v) is 14.6. The molecular formula is C25H41NO9S. The van der Waals surface area contributed by atoms with E-state index in [2.05, 4.69) is 4.90 Å². The lowest BCUT2D eigenvalue weighted by atomic mass is 9.70. The van der Waals surface area contributed by atoms with E-state index >= 15 is 0 Å². The van der Waals surface area contributed by atoms with Gasteiger partial charge < -0.3 is 14.6 Å². The monoisotopic (exact) mass is 531 g/mol. The number of nitrogens with zero attached hydrogens (tertiary/aromatic N) is 1. The third-order valence-corrected chi connectivity index (χ3v) is 9.80. The topological polar surface area (TPSA) is 148 Å². The number of carbonyl (C=O) groups excluding carboxylic acids is 3. The predicted molar refractivity (Wildman–Crippen MR) is 130 cm³/mol. The molecule has 0 amide bonds. The summed E-state index contributed by atoms with van der Waals surface area (Å²) in [5, 5.41) is 9.94. The predicted octanol–water partition coefficient (Wildman–Crippen LogP) is 1.99. The van der Waals surface area contributed by atoms with Crippen LogP contribution in [0, 0.1) is 22.7 Å². The molecule has 2 saturated heterocycles. The van der Waals surface area contributed by atoms with Crippen LogP contribution in [-0.4, -0.2) is 84.4 Å². The van der Waals surface area contributed by atoms with Crippen molar-refractivity contribution in [1.82, 2.24) is 4.90 Å². The van der Waals surface area contributed by atoms with E-state index in [0.29, 0.717) is 51.7 Å². The number of esters is 2. The molecule has 206 valence electrons. The minimum absolute atomic E-state index is 0.0152. The number of carbonyl (C=O) groups is 3. The molecule has 4 aliphatic rings. The average Bonchev–Trinajstić information content (AvgIpc) is 3.08. The van der Waals surface area contributed by atoms with Crippen molar-refractivity contribution in [2.24, 2.45) is 22.7 Å². The van der Waals surface area contributed by atoms with Crippen molar-refractivity contribution in [2.45, 2.75) is 90.8 Å². The number of rotatable bonds is 7. The maximum Gasteiger partial charge on any atom is 0.320 e. The second-order valence-corrected chi connectivity index (χ2v) is 12.7. The van der Waals surface area contributed by atoms with Gasteiger partial charge in [0.1, 0.15) is 5.78 Å². The molecule has 0 aromatic rings. The van der Waals surface area contributed by atoms with E-state index in [0.717, 1.165) is 6.42 Å². The summed E-state index contributed by atoms with van der Waals surface area (Å²) in [6.45, 7) is 8.48. The summed E-state index contributed by atoms with van der Waals surface area (Å²) >= 11 is 0. The molecular weight excluding hydrogens is 490 g/mol. The number of fused-ring (bicyclic) bond motifs is 4. The van der Waals surface area contributed by atoms with Crippen molar-refractivity contribution in [2.75, 3.05) is 25.5 Å². The Kier molecular flexibility index (Phi) is 8.90. The lowest BCUT2D eigenvalue weighted by Gasteiger charge is -2.49. The SMILES string of the molecule is CC1(C)C2CCC1(CS(=O)(=O)O)C(=O)C2.CCOC(=O)CN1C2CC(O)CC1CC(C(=O)OCC)C2. The van der Waals surface area contributed by atoms with Crippen molar-refractivity contribution in [3.05, 3.63) is 0 Å². The Bertz CT molecular complexity index is 933. The Morgan fingerprint density at radius 2 is 1.64 bits per heavy atom. The molecule has 0 aromatic heterocycles. The molecule has 4 fully saturated rings. The molecule has 4 atom stereocenters. The Morgan fingerprint density at radius 1 is 1.06 bits per heavy atom. The van der Waals surface area contributed by atoms with E-state index < -0.39 is 21.3 Å². The second-order valence-electron chi connectivity index (χ2n) is 11.2. The first kappa shape index (κ1) is 29.0. The van der Waals surface area contributed by atoms with Crippen LogP contribution in [0.1, 0.15) is 72.6 Å². The maximum absolute atomic E-state index is 11.9. The molecule has 0 radical (unpaired) electrons. The van der Waals surface area contributed by atoms with Crippen molar-refractivity contribution >= 4 is 27.8 Å². The fourth-order valence-electron chi connectivity index (χ4n) is 7.00. The van der Waals surface area contributed by atoms with E-state index in [4.69, 9.17) is 14.0 Å². The zero-order valence-electron chi connectivity index (χ0n) is 21.8. The van der Waals surface area contributed by atoms with E-state index in [9.17, 15) is 27.9 Å². The minimum Gasteiger partial charge on any atom is -0.466 e. The van der Waals surface area contributed by atoms with Crippen LogP contribution in [0.2, 0.25) is 0 Å². The first-order chi connectivity index (χ1) is 16.7. The van der Waals surface area contributed by atoms with Crippen LogP contribution >= 0.6 is 0 Å². The summed E-state index contributed by atoms with van der Waals surface area (Å²) in [5.74, 6) is -0.611. The largest absolute Gasteiger partial charge is 0.466 e. The molecule has 0 spiro atoms. The van der Waals surface area contributed by atoms with Crippen molar-refractivity contribution in [1.29, 1.82) is 0 Å². The van der Waals surface area contributed by atoms with Gasteiger partial charge in [0.05, 0.1) is 42.9 Å². The van der Waals surface area contributed by atoms with Gasteiger partial charge in [-0.1, -0.05) is 13.8 Å². The first-order valence-electron chi connectivity index (χ1n) is 13.0. The molecule has 11 heteroatoms. The number of aliphatic hydroxyl groups excluding tert-OH is 1. The Hall–Kier alpha value is -1.56. The molecule has 36 heavy (non-hydrogen) atoms. The van der Waals surface area contributed by atoms with Crippen LogP contribution in [0.4, 0.5) is 0 Å². The van der Waals surface area contributed by atoms with Gasteiger partial charge in [0, 0.05) is 18.5 Å². The van der Waals surface area contributed by atoms with Gasteiger partial charge in [-0.2, -0.15) is 8.42 Å². The smallest absolute Gasteiger partial charge is 0.320 e. The Balaban J connectivity index is 0.000000212. The highest BCUT2D eigenvalue weighted by Crippen LogP contribution is 2.64. The van der Waals surface area contributed by atoms with Crippen LogP contribution < -0.4 is 0 Å². The molecule has 10 nitrogen and oxygen atoms in total. The van der Waals surface area contributed by atoms with Crippen molar-refractivity contribution in [3.8, 4) is 0 Å². The van der Waals surface area contributed by atoms with Gasteiger partial charge in [0.15, 0.2) is 0 Å². The summed E-state index contributed by atoms with van der Waals surface area (Å²) in [5.41, 5.74) is -1.12. The van der Waals surface area contributed by atoms with Gasteiger partial charge in [0.2, 0.25) is 0 Å². The normalized spacial score (nSPS) is 35.1. The summed E-state index contributed by atoms with van der Waals surface area (Å²) in [6, 6.07) is 0.0950. The molecule has 2 N–H and O–H groups in total. The van der Waals surface area contributed by atoms with Gasteiger partial charge in [-0.25, -0.2) is 0 Å². The van der Waals surface area contributed by atoms with Gasteiger partial charge in [0.25, 0.3) is 10.1 Å². The third kappa shape index (κ3) is 5.95. The highest BCUT2D eigenvalue weighted by Gasteiger charge is 2.65. The van der Waals surface area contributed by atoms with Crippen LogP contribution in [0.25, 0.3) is 0 Å². The molecule has 0 aromatic carbocycles. The maximum atomic E-state index is 11.9. The Labute approximate surface area is 213 Å². The number of ether oxygens (including phenoxy) is 2. The van der Waals surface area contributed by atoms with E-state index in [1.165, 1.54) is 0 Å². The van der Waals surface area contributed by atoms with Gasteiger partial charge >= 0.3 is 11.9 Å². The Morgan fingerprint density at radius 3 is 2.08 bits per heavy atom. The summed E-state index contributed by atoms with van der Waals surface area (Å²) in [6.07, 6.45) is 4.12. The molecule has 4 rings (SSSR count).